The molecular formula is C14H18N4O. The lowest BCUT2D eigenvalue weighted by Gasteiger charge is -2.11. The molecule has 1 heterocycles. The number of nitrogen functional groups attached to an aromatic ring is 1. The first-order chi connectivity index (χ1) is 9.16. The standard InChI is InChI=1S/C14H18N4O/c1-18(2)14-16-9-7-13(17-14)19-10-8-11-5-3-4-6-12(11)15/h3-7,9H,8,10,15H2,1-2H3. The second-order valence-electron chi connectivity index (χ2n) is 4.39. The molecule has 0 fully saturated rings. The summed E-state index contributed by atoms with van der Waals surface area (Å²) in [5, 5.41) is 0. The van der Waals surface area contributed by atoms with Crippen molar-refractivity contribution in [1.29, 1.82) is 0 Å². The lowest BCUT2D eigenvalue weighted by molar-refractivity contribution is 0.309. The minimum absolute atomic E-state index is 0.540. The smallest absolute Gasteiger partial charge is 0.228 e. The molecule has 0 saturated carbocycles. The van der Waals surface area contributed by atoms with Gasteiger partial charge in [0, 0.05) is 38.5 Å². The van der Waals surface area contributed by atoms with Crippen molar-refractivity contribution in [2.24, 2.45) is 0 Å². The van der Waals surface area contributed by atoms with E-state index in [1.807, 2.05) is 43.3 Å². The molecule has 0 unspecified atom stereocenters. The van der Waals surface area contributed by atoms with Crippen molar-refractivity contribution in [1.82, 2.24) is 9.97 Å². The number of rotatable bonds is 5. The van der Waals surface area contributed by atoms with Crippen LogP contribution in [0.4, 0.5) is 11.6 Å². The molecule has 0 amide bonds. The molecule has 0 saturated heterocycles. The molecule has 5 heteroatoms. The molecular weight excluding hydrogens is 240 g/mol. The number of anilines is 2. The number of aromatic nitrogens is 2. The quantitative estimate of drug-likeness (QED) is 0.828. The average molecular weight is 258 g/mol. The van der Waals surface area contributed by atoms with Gasteiger partial charge in [0.1, 0.15) is 0 Å². The molecule has 2 aromatic rings. The Balaban J connectivity index is 1.93. The van der Waals surface area contributed by atoms with Crippen LogP contribution in [-0.2, 0) is 6.42 Å². The molecule has 1 aromatic carbocycles. The summed E-state index contributed by atoms with van der Waals surface area (Å²) in [6.07, 6.45) is 2.45. The van der Waals surface area contributed by atoms with E-state index in [1.165, 1.54) is 0 Å². The summed E-state index contributed by atoms with van der Waals surface area (Å²) in [5.74, 6) is 1.21. The highest BCUT2D eigenvalue weighted by Crippen LogP contribution is 2.13. The molecule has 0 bridgehead atoms. The zero-order valence-electron chi connectivity index (χ0n) is 11.2. The van der Waals surface area contributed by atoms with Gasteiger partial charge in [0.15, 0.2) is 0 Å². The molecule has 19 heavy (non-hydrogen) atoms. The lowest BCUT2D eigenvalue weighted by atomic mass is 10.1. The average Bonchev–Trinajstić information content (AvgIpc) is 2.41. The Morgan fingerprint density at radius 2 is 2.00 bits per heavy atom. The molecule has 0 aliphatic carbocycles. The molecule has 2 rings (SSSR count). The predicted molar refractivity (Wildman–Crippen MR) is 76.4 cm³/mol. The molecule has 100 valence electrons. The van der Waals surface area contributed by atoms with Crippen LogP contribution >= 0.6 is 0 Å². The third-order valence-corrected chi connectivity index (χ3v) is 2.69. The van der Waals surface area contributed by atoms with Crippen molar-refractivity contribution in [3.63, 3.8) is 0 Å². The first kappa shape index (κ1) is 13.1. The highest BCUT2D eigenvalue weighted by Gasteiger charge is 2.03. The van der Waals surface area contributed by atoms with E-state index >= 15 is 0 Å². The van der Waals surface area contributed by atoms with Crippen LogP contribution in [0, 0.1) is 0 Å². The first-order valence-electron chi connectivity index (χ1n) is 6.13. The summed E-state index contributed by atoms with van der Waals surface area (Å²) in [4.78, 5) is 10.3. The van der Waals surface area contributed by atoms with Crippen LogP contribution in [0.25, 0.3) is 0 Å². The molecule has 5 nitrogen and oxygen atoms in total. The van der Waals surface area contributed by atoms with Gasteiger partial charge in [0.05, 0.1) is 6.61 Å². The summed E-state index contributed by atoms with van der Waals surface area (Å²) < 4.78 is 5.62. The Labute approximate surface area is 113 Å². The van der Waals surface area contributed by atoms with Crippen LogP contribution in [-0.4, -0.2) is 30.7 Å². The fourth-order valence-electron chi connectivity index (χ4n) is 1.66. The van der Waals surface area contributed by atoms with Crippen molar-refractivity contribution in [3.05, 3.63) is 42.1 Å². The van der Waals surface area contributed by atoms with Crippen LogP contribution in [0.2, 0.25) is 0 Å². The van der Waals surface area contributed by atoms with Crippen molar-refractivity contribution >= 4 is 11.6 Å². The maximum Gasteiger partial charge on any atom is 0.228 e. The summed E-state index contributed by atoms with van der Waals surface area (Å²) in [6.45, 7) is 0.540. The van der Waals surface area contributed by atoms with Crippen LogP contribution in [0.3, 0.4) is 0 Å². The summed E-state index contributed by atoms with van der Waals surface area (Å²) >= 11 is 0. The van der Waals surface area contributed by atoms with E-state index in [2.05, 4.69) is 9.97 Å². The molecule has 0 aliphatic rings. The van der Waals surface area contributed by atoms with Crippen LogP contribution in [0.5, 0.6) is 5.88 Å². The van der Waals surface area contributed by atoms with Gasteiger partial charge in [-0.25, -0.2) is 4.98 Å². The Morgan fingerprint density at radius 1 is 1.21 bits per heavy atom. The Morgan fingerprint density at radius 3 is 2.74 bits per heavy atom. The van der Waals surface area contributed by atoms with E-state index < -0.39 is 0 Å². The largest absolute Gasteiger partial charge is 0.477 e. The highest BCUT2D eigenvalue weighted by atomic mass is 16.5. The van der Waals surface area contributed by atoms with Crippen LogP contribution in [0.1, 0.15) is 5.56 Å². The van der Waals surface area contributed by atoms with Crippen molar-refractivity contribution in [3.8, 4) is 5.88 Å². The molecule has 2 N–H and O–H groups in total. The molecule has 0 radical (unpaired) electrons. The van der Waals surface area contributed by atoms with Crippen molar-refractivity contribution < 1.29 is 4.74 Å². The van der Waals surface area contributed by atoms with Crippen LogP contribution in [0.15, 0.2) is 36.5 Å². The molecule has 0 atom stereocenters. The summed E-state index contributed by atoms with van der Waals surface area (Å²) in [6, 6.07) is 9.55. The summed E-state index contributed by atoms with van der Waals surface area (Å²) in [5.41, 5.74) is 7.76. The van der Waals surface area contributed by atoms with Gasteiger partial charge in [-0.1, -0.05) is 18.2 Å². The normalized spacial score (nSPS) is 10.2. The third-order valence-electron chi connectivity index (χ3n) is 2.69. The number of hydrogen-bond donors (Lipinski definition) is 1. The summed E-state index contributed by atoms with van der Waals surface area (Å²) in [7, 11) is 3.79. The minimum atomic E-state index is 0.540. The van der Waals surface area contributed by atoms with E-state index in [0.717, 1.165) is 17.7 Å². The number of ether oxygens (including phenoxy) is 1. The van der Waals surface area contributed by atoms with Gasteiger partial charge in [0.2, 0.25) is 11.8 Å². The highest BCUT2D eigenvalue weighted by molar-refractivity contribution is 5.46. The van der Waals surface area contributed by atoms with Gasteiger partial charge in [0.25, 0.3) is 0 Å². The van der Waals surface area contributed by atoms with E-state index in [-0.39, 0.29) is 0 Å². The van der Waals surface area contributed by atoms with E-state index in [0.29, 0.717) is 18.4 Å². The Kier molecular flexibility index (Phi) is 4.18. The fourth-order valence-corrected chi connectivity index (χ4v) is 1.66. The van der Waals surface area contributed by atoms with Crippen molar-refractivity contribution in [2.75, 3.05) is 31.3 Å². The predicted octanol–water partition coefficient (Wildman–Crippen LogP) is 1.75. The van der Waals surface area contributed by atoms with Gasteiger partial charge < -0.3 is 15.4 Å². The third kappa shape index (κ3) is 3.58. The van der Waals surface area contributed by atoms with Crippen molar-refractivity contribution in [2.45, 2.75) is 6.42 Å². The monoisotopic (exact) mass is 258 g/mol. The second kappa shape index (κ2) is 6.04. The number of nitrogens with two attached hydrogens (primary N) is 1. The van der Waals surface area contributed by atoms with E-state index in [9.17, 15) is 0 Å². The van der Waals surface area contributed by atoms with Gasteiger partial charge in [-0.2, -0.15) is 4.98 Å². The molecule has 0 spiro atoms. The maximum absolute atomic E-state index is 5.88. The maximum atomic E-state index is 5.88. The van der Waals surface area contributed by atoms with Gasteiger partial charge in [-0.05, 0) is 11.6 Å². The topological polar surface area (TPSA) is 64.3 Å². The number of nitrogens with zero attached hydrogens (tertiary/aromatic N) is 3. The number of hydrogen-bond acceptors (Lipinski definition) is 5. The molecule has 0 aliphatic heterocycles. The minimum Gasteiger partial charge on any atom is -0.477 e. The van der Waals surface area contributed by atoms with Gasteiger partial charge in [-0.3, -0.25) is 0 Å². The molecule has 1 aromatic heterocycles. The zero-order valence-corrected chi connectivity index (χ0v) is 11.2. The van der Waals surface area contributed by atoms with Gasteiger partial charge >= 0.3 is 0 Å². The second-order valence-corrected chi connectivity index (χ2v) is 4.39. The lowest BCUT2D eigenvalue weighted by Crippen LogP contribution is -2.13. The number of para-hydroxylation sites is 1. The Hall–Kier alpha value is -2.30. The van der Waals surface area contributed by atoms with E-state index in [4.69, 9.17) is 10.5 Å². The SMILES string of the molecule is CN(C)c1nccc(OCCc2ccccc2N)n1. The first-order valence-corrected chi connectivity index (χ1v) is 6.13. The fraction of sp³-hybridized carbons (Fsp3) is 0.286. The zero-order chi connectivity index (χ0) is 13.7. The number of benzene rings is 1. The van der Waals surface area contributed by atoms with E-state index in [1.54, 1.807) is 12.3 Å². The van der Waals surface area contributed by atoms with Crippen LogP contribution < -0.4 is 15.4 Å². The Bertz CT molecular complexity index is 542. The van der Waals surface area contributed by atoms with Gasteiger partial charge in [-0.15, -0.1) is 0 Å².